The van der Waals surface area contributed by atoms with Crippen molar-refractivity contribution in [3.63, 3.8) is 0 Å². The molecule has 2 fully saturated rings. The zero-order chi connectivity index (χ0) is 11.2. The minimum atomic E-state index is 0.174. The molecule has 84 valence electrons. The molecule has 2 aliphatic heterocycles. The highest BCUT2D eigenvalue weighted by Gasteiger charge is 2.50. The molecule has 0 radical (unpaired) electrons. The van der Waals surface area contributed by atoms with Gasteiger partial charge in [0.25, 0.3) is 0 Å². The first-order chi connectivity index (χ1) is 7.72. The van der Waals surface area contributed by atoms with Crippen molar-refractivity contribution in [3.05, 3.63) is 35.9 Å². The number of β-lactam (4-membered cyclic amide) rings is 1. The second kappa shape index (κ2) is 3.34. The molecule has 2 heteroatoms. The summed E-state index contributed by atoms with van der Waals surface area (Å²) in [6, 6.07) is 11.1. The van der Waals surface area contributed by atoms with Crippen LogP contribution >= 0.6 is 0 Å². The molecule has 1 amide bonds. The lowest BCUT2D eigenvalue weighted by Crippen LogP contribution is -2.64. The molecular formula is C14H17NO. The summed E-state index contributed by atoms with van der Waals surface area (Å²) in [6.07, 6.45) is 3.07. The number of rotatable bonds is 1. The monoisotopic (exact) mass is 215 g/mol. The van der Waals surface area contributed by atoms with Gasteiger partial charge in [0.15, 0.2) is 0 Å². The van der Waals surface area contributed by atoms with Gasteiger partial charge in [-0.1, -0.05) is 37.3 Å². The molecule has 0 spiro atoms. The van der Waals surface area contributed by atoms with Crippen molar-refractivity contribution in [2.75, 3.05) is 6.54 Å². The topological polar surface area (TPSA) is 20.3 Å². The Hall–Kier alpha value is -1.31. The number of hydrogen-bond donors (Lipinski definition) is 0. The van der Waals surface area contributed by atoms with Crippen LogP contribution in [0.3, 0.4) is 0 Å². The van der Waals surface area contributed by atoms with Gasteiger partial charge in [0.2, 0.25) is 5.91 Å². The second-order valence-corrected chi connectivity index (χ2v) is 5.19. The normalized spacial score (nSPS) is 33.2. The Labute approximate surface area is 96.3 Å². The Morgan fingerprint density at radius 3 is 2.75 bits per heavy atom. The van der Waals surface area contributed by atoms with E-state index in [0.29, 0.717) is 11.9 Å². The molecule has 2 nitrogen and oxygen atoms in total. The predicted molar refractivity (Wildman–Crippen MR) is 63.1 cm³/mol. The number of benzene rings is 1. The van der Waals surface area contributed by atoms with Crippen LogP contribution in [0.4, 0.5) is 0 Å². The Morgan fingerprint density at radius 2 is 2.06 bits per heavy atom. The summed E-state index contributed by atoms with van der Waals surface area (Å²) in [7, 11) is 0. The molecule has 2 aliphatic rings. The van der Waals surface area contributed by atoms with E-state index < -0.39 is 0 Å². The van der Waals surface area contributed by atoms with Gasteiger partial charge >= 0.3 is 0 Å². The van der Waals surface area contributed by atoms with E-state index in [1.807, 2.05) is 0 Å². The molecule has 0 saturated carbocycles. The highest BCUT2D eigenvalue weighted by atomic mass is 16.2. The van der Waals surface area contributed by atoms with Crippen LogP contribution in [-0.4, -0.2) is 23.4 Å². The summed E-state index contributed by atoms with van der Waals surface area (Å²) in [5.41, 5.74) is 1.56. The van der Waals surface area contributed by atoms with Gasteiger partial charge in [0, 0.05) is 24.4 Å². The Kier molecular flexibility index (Phi) is 2.06. The Morgan fingerprint density at radius 1 is 1.31 bits per heavy atom. The summed E-state index contributed by atoms with van der Waals surface area (Å²) in [5.74, 6) is 0.340. The molecule has 2 unspecified atom stereocenters. The summed E-state index contributed by atoms with van der Waals surface area (Å²) in [6.45, 7) is 3.28. The van der Waals surface area contributed by atoms with E-state index >= 15 is 0 Å². The SMILES string of the molecule is CC1(c2ccccc2)CCCN2C(=O)CC21. The number of carbonyl (C=O) groups is 1. The minimum absolute atomic E-state index is 0.174. The summed E-state index contributed by atoms with van der Waals surface area (Å²) in [4.78, 5) is 13.6. The fourth-order valence-corrected chi connectivity index (χ4v) is 3.24. The van der Waals surface area contributed by atoms with Crippen LogP contribution in [0, 0.1) is 0 Å². The van der Waals surface area contributed by atoms with E-state index in [4.69, 9.17) is 0 Å². The van der Waals surface area contributed by atoms with E-state index in [-0.39, 0.29) is 5.41 Å². The smallest absolute Gasteiger partial charge is 0.224 e. The van der Waals surface area contributed by atoms with Crippen LogP contribution < -0.4 is 0 Å². The third-order valence-corrected chi connectivity index (χ3v) is 4.33. The van der Waals surface area contributed by atoms with E-state index in [1.54, 1.807) is 0 Å². The van der Waals surface area contributed by atoms with Crippen LogP contribution in [0.1, 0.15) is 31.7 Å². The van der Waals surface area contributed by atoms with Crippen LogP contribution in [0.15, 0.2) is 30.3 Å². The van der Waals surface area contributed by atoms with Gasteiger partial charge < -0.3 is 4.90 Å². The first kappa shape index (κ1) is 9.88. The van der Waals surface area contributed by atoms with Crippen molar-refractivity contribution < 1.29 is 4.79 Å². The van der Waals surface area contributed by atoms with Gasteiger partial charge in [-0.2, -0.15) is 0 Å². The number of hydrogen-bond acceptors (Lipinski definition) is 1. The second-order valence-electron chi connectivity index (χ2n) is 5.19. The zero-order valence-electron chi connectivity index (χ0n) is 9.65. The molecule has 0 aliphatic carbocycles. The third-order valence-electron chi connectivity index (χ3n) is 4.33. The minimum Gasteiger partial charge on any atom is -0.338 e. The maximum Gasteiger partial charge on any atom is 0.224 e. The van der Waals surface area contributed by atoms with Crippen LogP contribution in [-0.2, 0) is 10.2 Å². The molecule has 16 heavy (non-hydrogen) atoms. The van der Waals surface area contributed by atoms with Crippen LogP contribution in [0.25, 0.3) is 0 Å². The number of fused-ring (bicyclic) bond motifs is 1. The number of nitrogens with zero attached hydrogens (tertiary/aromatic N) is 1. The van der Waals surface area contributed by atoms with Crippen molar-refractivity contribution in [1.29, 1.82) is 0 Å². The maximum atomic E-state index is 11.5. The number of amides is 1. The number of piperidine rings is 1. The van der Waals surface area contributed by atoms with Crippen molar-refractivity contribution >= 4 is 5.91 Å². The van der Waals surface area contributed by atoms with Gasteiger partial charge in [-0.25, -0.2) is 0 Å². The molecule has 0 aromatic heterocycles. The van der Waals surface area contributed by atoms with Gasteiger partial charge in [0.05, 0.1) is 0 Å². The summed E-state index contributed by atoms with van der Waals surface area (Å²) in [5, 5.41) is 0. The van der Waals surface area contributed by atoms with Gasteiger partial charge in [0.1, 0.15) is 0 Å². The fraction of sp³-hybridized carbons (Fsp3) is 0.500. The predicted octanol–water partition coefficient (Wildman–Crippen LogP) is 2.34. The van der Waals surface area contributed by atoms with Crippen LogP contribution in [0.2, 0.25) is 0 Å². The van der Waals surface area contributed by atoms with Gasteiger partial charge in [-0.15, -0.1) is 0 Å². The average molecular weight is 215 g/mol. The van der Waals surface area contributed by atoms with E-state index in [2.05, 4.69) is 42.2 Å². The standard InChI is InChI=1S/C14H17NO/c1-14(11-6-3-2-4-7-11)8-5-9-15-12(14)10-13(15)16/h2-4,6-7,12H,5,8-10H2,1H3. The first-order valence-corrected chi connectivity index (χ1v) is 6.07. The molecule has 0 N–H and O–H groups in total. The average Bonchev–Trinajstić information content (AvgIpc) is 2.32. The third kappa shape index (κ3) is 1.22. The lowest BCUT2D eigenvalue weighted by molar-refractivity contribution is -0.153. The Bertz CT molecular complexity index is 414. The molecule has 0 bridgehead atoms. The van der Waals surface area contributed by atoms with Crippen LogP contribution in [0.5, 0.6) is 0 Å². The summed E-state index contributed by atoms with van der Waals surface area (Å²) >= 11 is 0. The maximum absolute atomic E-state index is 11.5. The quantitative estimate of drug-likeness (QED) is 0.658. The van der Waals surface area contributed by atoms with Gasteiger partial charge in [-0.3, -0.25) is 4.79 Å². The molecule has 2 heterocycles. The molecule has 2 saturated heterocycles. The molecular weight excluding hydrogens is 198 g/mol. The number of carbonyl (C=O) groups excluding carboxylic acids is 1. The molecule has 1 aromatic rings. The van der Waals surface area contributed by atoms with Crippen molar-refractivity contribution in [3.8, 4) is 0 Å². The Balaban J connectivity index is 1.95. The lowest BCUT2D eigenvalue weighted by Gasteiger charge is -2.54. The summed E-state index contributed by atoms with van der Waals surface area (Å²) < 4.78 is 0. The van der Waals surface area contributed by atoms with E-state index in [9.17, 15) is 4.79 Å². The fourth-order valence-electron chi connectivity index (χ4n) is 3.24. The van der Waals surface area contributed by atoms with E-state index in [1.165, 1.54) is 12.0 Å². The van der Waals surface area contributed by atoms with Crippen molar-refractivity contribution in [1.82, 2.24) is 4.90 Å². The van der Waals surface area contributed by atoms with Gasteiger partial charge in [-0.05, 0) is 18.4 Å². The van der Waals surface area contributed by atoms with E-state index in [0.717, 1.165) is 19.4 Å². The van der Waals surface area contributed by atoms with Crippen molar-refractivity contribution in [2.45, 2.75) is 37.6 Å². The molecule has 1 aromatic carbocycles. The highest BCUT2D eigenvalue weighted by molar-refractivity contribution is 5.84. The lowest BCUT2D eigenvalue weighted by atomic mass is 9.65. The highest BCUT2D eigenvalue weighted by Crippen LogP contribution is 2.44. The zero-order valence-corrected chi connectivity index (χ0v) is 9.65. The largest absolute Gasteiger partial charge is 0.338 e. The molecule has 3 rings (SSSR count). The van der Waals surface area contributed by atoms with Crippen molar-refractivity contribution in [2.24, 2.45) is 0 Å². The first-order valence-electron chi connectivity index (χ1n) is 6.07. The molecule has 2 atom stereocenters.